The maximum atomic E-state index is 5.59. The zero-order valence-electron chi connectivity index (χ0n) is 5.75. The molecule has 0 aliphatic heterocycles. The molecule has 0 saturated carbocycles. The van der Waals surface area contributed by atoms with Crippen LogP contribution in [0.25, 0.3) is 0 Å². The Morgan fingerprint density at radius 2 is 2.30 bits per heavy atom. The number of hydrogen-bond donors (Lipinski definition) is 2. The van der Waals surface area contributed by atoms with E-state index in [2.05, 4.69) is 4.98 Å². The molecule has 10 heavy (non-hydrogen) atoms. The Labute approximate surface area is 60.1 Å². The van der Waals surface area contributed by atoms with Gasteiger partial charge in [-0.25, -0.2) is 0 Å². The number of pyridine rings is 1. The molecule has 0 aliphatic carbocycles. The van der Waals surface area contributed by atoms with Crippen LogP contribution in [0.4, 0.5) is 5.69 Å². The van der Waals surface area contributed by atoms with Gasteiger partial charge in [0.1, 0.15) is 0 Å². The van der Waals surface area contributed by atoms with Crippen molar-refractivity contribution in [1.82, 2.24) is 4.98 Å². The fourth-order valence-electron chi connectivity index (χ4n) is 0.819. The lowest BCUT2D eigenvalue weighted by Crippen LogP contribution is -2.05. The van der Waals surface area contributed by atoms with Gasteiger partial charge in [0.25, 0.3) is 0 Å². The number of aromatic nitrogens is 1. The van der Waals surface area contributed by atoms with Crippen LogP contribution in [0.1, 0.15) is 5.56 Å². The van der Waals surface area contributed by atoms with Crippen LogP contribution in [0.2, 0.25) is 0 Å². The van der Waals surface area contributed by atoms with Crippen molar-refractivity contribution < 1.29 is 0 Å². The predicted molar refractivity (Wildman–Crippen MR) is 41.4 cm³/mol. The van der Waals surface area contributed by atoms with Crippen LogP contribution in [-0.4, -0.2) is 11.5 Å². The minimum absolute atomic E-state index is 0.633. The lowest BCUT2D eigenvalue weighted by Gasteiger charge is -2.00. The van der Waals surface area contributed by atoms with Crippen molar-refractivity contribution in [3.63, 3.8) is 0 Å². The first-order chi connectivity index (χ1) is 4.84. The molecule has 0 bridgehead atoms. The number of nitrogens with zero attached hydrogens (tertiary/aromatic N) is 1. The summed E-state index contributed by atoms with van der Waals surface area (Å²) in [5.41, 5.74) is 12.8. The zero-order valence-corrected chi connectivity index (χ0v) is 5.75. The highest BCUT2D eigenvalue weighted by molar-refractivity contribution is 5.43. The van der Waals surface area contributed by atoms with Crippen molar-refractivity contribution in [3.8, 4) is 0 Å². The lowest BCUT2D eigenvalue weighted by atomic mass is 10.2. The second-order valence-electron chi connectivity index (χ2n) is 2.11. The molecular weight excluding hydrogens is 126 g/mol. The van der Waals surface area contributed by atoms with Crippen molar-refractivity contribution in [1.29, 1.82) is 0 Å². The highest BCUT2D eigenvalue weighted by Gasteiger charge is 1.94. The molecule has 1 aromatic heterocycles. The monoisotopic (exact) mass is 137 g/mol. The molecule has 0 unspecified atom stereocenters. The van der Waals surface area contributed by atoms with Gasteiger partial charge in [-0.05, 0) is 24.6 Å². The standard InChI is InChI=1S/C7H11N3/c8-3-1-6-2-4-10-5-7(6)9/h2,4-5H,1,3,8-9H2. The Balaban J connectivity index is 2.81. The topological polar surface area (TPSA) is 64.9 Å². The second kappa shape index (κ2) is 3.17. The van der Waals surface area contributed by atoms with Gasteiger partial charge in [-0.2, -0.15) is 0 Å². The van der Waals surface area contributed by atoms with Crippen LogP contribution in [0.5, 0.6) is 0 Å². The number of nitrogens with two attached hydrogens (primary N) is 2. The lowest BCUT2D eigenvalue weighted by molar-refractivity contribution is 0.967. The van der Waals surface area contributed by atoms with E-state index < -0.39 is 0 Å². The Hall–Kier alpha value is -1.09. The fourth-order valence-corrected chi connectivity index (χ4v) is 0.819. The molecule has 0 fully saturated rings. The molecule has 0 aliphatic rings. The van der Waals surface area contributed by atoms with E-state index in [4.69, 9.17) is 11.5 Å². The minimum Gasteiger partial charge on any atom is -0.397 e. The molecule has 0 radical (unpaired) electrons. The van der Waals surface area contributed by atoms with E-state index in [9.17, 15) is 0 Å². The Kier molecular flexibility index (Phi) is 2.23. The van der Waals surface area contributed by atoms with Crippen LogP contribution in [0.3, 0.4) is 0 Å². The van der Waals surface area contributed by atoms with Crippen molar-refractivity contribution in [3.05, 3.63) is 24.0 Å². The molecule has 3 heteroatoms. The van der Waals surface area contributed by atoms with Crippen LogP contribution in [-0.2, 0) is 6.42 Å². The third-order valence-electron chi connectivity index (χ3n) is 1.36. The minimum atomic E-state index is 0.633. The quantitative estimate of drug-likeness (QED) is 0.610. The molecule has 1 rings (SSSR count). The summed E-state index contributed by atoms with van der Waals surface area (Å²) < 4.78 is 0. The van der Waals surface area contributed by atoms with Crippen LogP contribution >= 0.6 is 0 Å². The normalized spacial score (nSPS) is 9.70. The molecule has 1 heterocycles. The summed E-state index contributed by atoms with van der Waals surface area (Å²) in [5, 5.41) is 0. The molecule has 0 amide bonds. The van der Waals surface area contributed by atoms with Crippen LogP contribution in [0.15, 0.2) is 18.5 Å². The molecule has 4 N–H and O–H groups in total. The average Bonchev–Trinajstić information content (AvgIpc) is 1.94. The van der Waals surface area contributed by atoms with Crippen molar-refractivity contribution in [2.75, 3.05) is 12.3 Å². The fraction of sp³-hybridized carbons (Fsp3) is 0.286. The third kappa shape index (κ3) is 1.45. The zero-order chi connectivity index (χ0) is 7.40. The Bertz CT molecular complexity index is 210. The molecule has 0 atom stereocenters. The second-order valence-corrected chi connectivity index (χ2v) is 2.11. The van der Waals surface area contributed by atoms with E-state index in [-0.39, 0.29) is 0 Å². The van der Waals surface area contributed by atoms with Gasteiger partial charge in [-0.1, -0.05) is 0 Å². The largest absolute Gasteiger partial charge is 0.397 e. The van der Waals surface area contributed by atoms with Gasteiger partial charge in [0.15, 0.2) is 0 Å². The average molecular weight is 137 g/mol. The molecule has 54 valence electrons. The molecule has 0 saturated heterocycles. The van der Waals surface area contributed by atoms with Gasteiger partial charge in [0.2, 0.25) is 0 Å². The van der Waals surface area contributed by atoms with Crippen LogP contribution in [0, 0.1) is 0 Å². The van der Waals surface area contributed by atoms with E-state index in [0.717, 1.165) is 17.7 Å². The highest BCUT2D eigenvalue weighted by atomic mass is 14.7. The van der Waals surface area contributed by atoms with Crippen molar-refractivity contribution in [2.24, 2.45) is 5.73 Å². The maximum Gasteiger partial charge on any atom is 0.0533 e. The van der Waals surface area contributed by atoms with E-state index in [1.807, 2.05) is 6.07 Å². The van der Waals surface area contributed by atoms with E-state index in [1.165, 1.54) is 0 Å². The summed E-state index contributed by atoms with van der Waals surface area (Å²) >= 11 is 0. The molecule has 0 spiro atoms. The summed E-state index contributed by atoms with van der Waals surface area (Å²) in [4.78, 5) is 3.86. The van der Waals surface area contributed by atoms with Gasteiger partial charge in [0, 0.05) is 6.20 Å². The van der Waals surface area contributed by atoms with E-state index in [1.54, 1.807) is 12.4 Å². The molecule has 3 nitrogen and oxygen atoms in total. The van der Waals surface area contributed by atoms with E-state index in [0.29, 0.717) is 6.54 Å². The molecule has 1 aromatic rings. The molecular formula is C7H11N3. The van der Waals surface area contributed by atoms with Crippen molar-refractivity contribution >= 4 is 5.69 Å². The van der Waals surface area contributed by atoms with Gasteiger partial charge in [0.05, 0.1) is 11.9 Å². The highest BCUT2D eigenvalue weighted by Crippen LogP contribution is 2.07. The van der Waals surface area contributed by atoms with Gasteiger partial charge >= 0.3 is 0 Å². The Morgan fingerprint density at radius 3 is 2.90 bits per heavy atom. The predicted octanol–water partition coefficient (Wildman–Crippen LogP) is 0.165. The maximum absolute atomic E-state index is 5.59. The van der Waals surface area contributed by atoms with Gasteiger partial charge in [-0.3, -0.25) is 4.98 Å². The summed E-state index contributed by atoms with van der Waals surface area (Å²) in [6.45, 7) is 0.633. The number of nitrogen functional groups attached to an aromatic ring is 1. The van der Waals surface area contributed by atoms with Gasteiger partial charge < -0.3 is 11.5 Å². The molecule has 0 aromatic carbocycles. The number of rotatable bonds is 2. The first-order valence-electron chi connectivity index (χ1n) is 3.23. The summed E-state index contributed by atoms with van der Waals surface area (Å²) in [7, 11) is 0. The summed E-state index contributed by atoms with van der Waals surface area (Å²) in [6, 6.07) is 1.89. The SMILES string of the molecule is NCCc1ccncc1N. The van der Waals surface area contributed by atoms with Crippen molar-refractivity contribution in [2.45, 2.75) is 6.42 Å². The summed E-state index contributed by atoms with van der Waals surface area (Å²) in [6.07, 6.45) is 4.20. The number of hydrogen-bond acceptors (Lipinski definition) is 3. The smallest absolute Gasteiger partial charge is 0.0533 e. The first-order valence-corrected chi connectivity index (χ1v) is 3.23. The first kappa shape index (κ1) is 7.02. The van der Waals surface area contributed by atoms with E-state index >= 15 is 0 Å². The van der Waals surface area contributed by atoms with Crippen LogP contribution < -0.4 is 11.5 Å². The third-order valence-corrected chi connectivity index (χ3v) is 1.36. The number of anilines is 1. The summed E-state index contributed by atoms with van der Waals surface area (Å²) in [5.74, 6) is 0. The van der Waals surface area contributed by atoms with Gasteiger partial charge in [-0.15, -0.1) is 0 Å². The Morgan fingerprint density at radius 1 is 1.50 bits per heavy atom.